The van der Waals surface area contributed by atoms with Crippen molar-refractivity contribution in [2.45, 2.75) is 11.3 Å². The molecule has 13 heteroatoms. The van der Waals surface area contributed by atoms with E-state index in [1.54, 1.807) is 0 Å². The fourth-order valence-corrected chi connectivity index (χ4v) is 5.42. The number of nitrogens with one attached hydrogen (secondary N) is 2. The van der Waals surface area contributed by atoms with Gasteiger partial charge in [0.2, 0.25) is 5.91 Å². The zero-order chi connectivity index (χ0) is 28.4. The molecule has 2 N–H and O–H groups in total. The fourth-order valence-electron chi connectivity index (χ4n) is 4.67. The van der Waals surface area contributed by atoms with Crippen molar-refractivity contribution < 1.29 is 22.7 Å². The molecule has 5 aromatic rings. The lowest BCUT2D eigenvalue weighted by atomic mass is 10.1. The van der Waals surface area contributed by atoms with E-state index in [-0.39, 0.29) is 11.4 Å². The monoisotopic (exact) mass is 579 g/mol. The number of benzene rings is 3. The third kappa shape index (κ3) is 5.63. The number of carbonyl (C=O) groups is 1. The average molecular weight is 580 g/mol. The van der Waals surface area contributed by atoms with Crippen LogP contribution in [0.5, 0.6) is 0 Å². The number of para-hydroxylation sites is 2. The topological polar surface area (TPSA) is 101 Å². The van der Waals surface area contributed by atoms with Crippen LogP contribution in [-0.2, 0) is 15.7 Å². The number of morpholine rings is 1. The molecule has 0 unspecified atom stereocenters. The lowest BCUT2D eigenvalue weighted by Gasteiger charge is -2.31. The molecular weight excluding hydrogens is 555 g/mol. The summed E-state index contributed by atoms with van der Waals surface area (Å²) in [7, 11) is 0. The van der Waals surface area contributed by atoms with Gasteiger partial charge < -0.3 is 15.0 Å². The SMILES string of the molecule is O=C(CSc1nnc(-c2n[nH]c3ccccc23)n1-c1ccccc1)Nc1cc(C(F)(F)F)ccc1N1CCOCC1. The Morgan fingerprint density at radius 3 is 2.54 bits per heavy atom. The maximum atomic E-state index is 13.5. The van der Waals surface area contributed by atoms with E-state index >= 15 is 0 Å². The summed E-state index contributed by atoms with van der Waals surface area (Å²) in [5.74, 6) is -0.0901. The van der Waals surface area contributed by atoms with E-state index in [1.807, 2.05) is 64.1 Å². The summed E-state index contributed by atoms with van der Waals surface area (Å²) in [6.07, 6.45) is -4.54. The summed E-state index contributed by atoms with van der Waals surface area (Å²) in [6, 6.07) is 20.5. The van der Waals surface area contributed by atoms with E-state index in [1.165, 1.54) is 6.07 Å². The highest BCUT2D eigenvalue weighted by molar-refractivity contribution is 7.99. The number of fused-ring (bicyclic) bond motifs is 1. The van der Waals surface area contributed by atoms with Crippen LogP contribution in [0.3, 0.4) is 0 Å². The highest BCUT2D eigenvalue weighted by atomic mass is 32.2. The van der Waals surface area contributed by atoms with Crippen LogP contribution >= 0.6 is 11.8 Å². The molecule has 0 saturated carbocycles. The Morgan fingerprint density at radius 2 is 1.76 bits per heavy atom. The number of ether oxygens (including phenoxy) is 1. The summed E-state index contributed by atoms with van der Waals surface area (Å²) >= 11 is 1.13. The quantitative estimate of drug-likeness (QED) is 0.249. The van der Waals surface area contributed by atoms with Crippen LogP contribution in [0.4, 0.5) is 24.5 Å². The number of thioether (sulfide) groups is 1. The molecule has 9 nitrogen and oxygen atoms in total. The van der Waals surface area contributed by atoms with Crippen LogP contribution < -0.4 is 10.2 Å². The number of nitrogens with zero attached hydrogens (tertiary/aromatic N) is 5. The lowest BCUT2D eigenvalue weighted by Crippen LogP contribution is -2.37. The number of aromatic amines is 1. The van der Waals surface area contributed by atoms with Crippen LogP contribution in [0.1, 0.15) is 5.56 Å². The highest BCUT2D eigenvalue weighted by Crippen LogP contribution is 2.36. The third-order valence-corrected chi connectivity index (χ3v) is 7.54. The Balaban J connectivity index is 1.28. The van der Waals surface area contributed by atoms with Crippen LogP contribution in [0.15, 0.2) is 78.0 Å². The van der Waals surface area contributed by atoms with Crippen LogP contribution in [-0.4, -0.2) is 62.9 Å². The van der Waals surface area contributed by atoms with Crippen molar-refractivity contribution >= 4 is 39.9 Å². The molecule has 41 heavy (non-hydrogen) atoms. The second kappa shape index (κ2) is 11.3. The van der Waals surface area contributed by atoms with E-state index in [0.29, 0.717) is 48.7 Å². The van der Waals surface area contributed by atoms with Gasteiger partial charge in [0.15, 0.2) is 11.0 Å². The van der Waals surface area contributed by atoms with Gasteiger partial charge in [-0.3, -0.25) is 14.5 Å². The number of rotatable bonds is 7. The van der Waals surface area contributed by atoms with E-state index in [9.17, 15) is 18.0 Å². The largest absolute Gasteiger partial charge is 0.416 e. The van der Waals surface area contributed by atoms with Crippen molar-refractivity contribution in [3.8, 4) is 17.2 Å². The lowest BCUT2D eigenvalue weighted by molar-refractivity contribution is -0.137. The predicted octanol–water partition coefficient (Wildman–Crippen LogP) is 5.40. The smallest absolute Gasteiger partial charge is 0.378 e. The van der Waals surface area contributed by atoms with Gasteiger partial charge in [0.25, 0.3) is 0 Å². The second-order valence-electron chi connectivity index (χ2n) is 9.26. The Kier molecular flexibility index (Phi) is 7.37. The number of anilines is 2. The number of carbonyl (C=O) groups excluding carboxylic acids is 1. The molecule has 1 amide bonds. The zero-order valence-electron chi connectivity index (χ0n) is 21.6. The van der Waals surface area contributed by atoms with Gasteiger partial charge in [-0.1, -0.05) is 48.2 Å². The maximum absolute atomic E-state index is 13.5. The molecular formula is C28H24F3N7O2S. The summed E-state index contributed by atoms with van der Waals surface area (Å²) in [5.41, 5.74) is 2.00. The summed E-state index contributed by atoms with van der Waals surface area (Å²) < 4.78 is 47.7. The number of H-pyrrole nitrogens is 1. The number of amides is 1. The molecule has 3 aromatic carbocycles. The Bertz CT molecular complexity index is 1680. The first-order valence-corrected chi connectivity index (χ1v) is 13.8. The molecule has 1 fully saturated rings. The molecule has 3 heterocycles. The molecule has 0 aliphatic carbocycles. The molecule has 2 aromatic heterocycles. The maximum Gasteiger partial charge on any atom is 0.416 e. The van der Waals surface area contributed by atoms with Crippen molar-refractivity contribution in [2.75, 3.05) is 42.3 Å². The van der Waals surface area contributed by atoms with Crippen molar-refractivity contribution in [1.82, 2.24) is 25.0 Å². The van der Waals surface area contributed by atoms with Crippen LogP contribution in [0, 0.1) is 0 Å². The van der Waals surface area contributed by atoms with Crippen LogP contribution in [0.25, 0.3) is 28.1 Å². The number of aromatic nitrogens is 5. The summed E-state index contributed by atoms with van der Waals surface area (Å²) in [6.45, 7) is 1.92. The van der Waals surface area contributed by atoms with E-state index in [4.69, 9.17) is 4.74 Å². The second-order valence-corrected chi connectivity index (χ2v) is 10.2. The molecule has 1 aliphatic rings. The van der Waals surface area contributed by atoms with Gasteiger partial charge in [-0.05, 0) is 36.4 Å². The standard InChI is InChI=1S/C28H24F3N7O2S/c29-28(30,31)18-10-11-23(37-12-14-40-15-13-37)22(16-18)32-24(39)17-41-27-36-35-26(38(27)19-6-2-1-3-7-19)25-20-8-4-5-9-21(20)33-34-25/h1-11,16H,12-15,17H2,(H,32,39)(H,33,34). The molecule has 0 radical (unpaired) electrons. The third-order valence-electron chi connectivity index (χ3n) is 6.61. The van der Waals surface area contributed by atoms with Gasteiger partial charge in [-0.25, -0.2) is 0 Å². The number of hydrogen-bond acceptors (Lipinski definition) is 7. The van der Waals surface area contributed by atoms with Gasteiger partial charge in [-0.2, -0.15) is 18.3 Å². The molecule has 0 atom stereocenters. The van der Waals surface area contributed by atoms with E-state index in [2.05, 4.69) is 25.7 Å². The minimum atomic E-state index is -4.54. The zero-order valence-corrected chi connectivity index (χ0v) is 22.4. The first kappa shape index (κ1) is 26.8. The summed E-state index contributed by atoms with van der Waals surface area (Å²) in [4.78, 5) is 15.0. The van der Waals surface area contributed by atoms with Crippen LogP contribution in [0.2, 0.25) is 0 Å². The van der Waals surface area contributed by atoms with E-state index in [0.717, 1.165) is 40.5 Å². The first-order valence-electron chi connectivity index (χ1n) is 12.8. The van der Waals surface area contributed by atoms with Gasteiger partial charge in [0.05, 0.1) is 41.4 Å². The molecule has 210 valence electrons. The minimum absolute atomic E-state index is 0.0977. The Morgan fingerprint density at radius 1 is 1.00 bits per heavy atom. The van der Waals surface area contributed by atoms with E-state index < -0.39 is 17.6 Å². The normalized spacial score (nSPS) is 14.0. The summed E-state index contributed by atoms with van der Waals surface area (Å²) in [5, 5.41) is 20.2. The van der Waals surface area contributed by atoms with Crippen molar-refractivity contribution in [1.29, 1.82) is 0 Å². The van der Waals surface area contributed by atoms with Gasteiger partial charge >= 0.3 is 6.18 Å². The van der Waals surface area contributed by atoms with Crippen molar-refractivity contribution in [2.24, 2.45) is 0 Å². The average Bonchev–Trinajstić information content (AvgIpc) is 3.60. The Labute approximate surface area is 236 Å². The minimum Gasteiger partial charge on any atom is -0.378 e. The highest BCUT2D eigenvalue weighted by Gasteiger charge is 2.32. The van der Waals surface area contributed by atoms with Gasteiger partial charge in [0, 0.05) is 24.2 Å². The predicted molar refractivity (Wildman–Crippen MR) is 150 cm³/mol. The Hall–Kier alpha value is -4.36. The molecule has 0 bridgehead atoms. The molecule has 0 spiro atoms. The van der Waals surface area contributed by atoms with Crippen molar-refractivity contribution in [3.05, 3.63) is 78.4 Å². The fraction of sp³-hybridized carbons (Fsp3) is 0.214. The molecule has 1 saturated heterocycles. The number of alkyl halides is 3. The molecule has 1 aliphatic heterocycles. The number of hydrogen-bond donors (Lipinski definition) is 2. The first-order chi connectivity index (χ1) is 19.9. The van der Waals surface area contributed by atoms with Crippen molar-refractivity contribution in [3.63, 3.8) is 0 Å². The number of halogens is 3. The van der Waals surface area contributed by atoms with Gasteiger partial charge in [0.1, 0.15) is 5.69 Å². The van der Waals surface area contributed by atoms with Gasteiger partial charge in [-0.15, -0.1) is 10.2 Å². The molecule has 6 rings (SSSR count).